The number of aliphatic carboxylic acids is 5. The number of nitrogens with one attached hydrogen (secondary N) is 1. The summed E-state index contributed by atoms with van der Waals surface area (Å²) in [7, 11) is 0. The lowest BCUT2D eigenvalue weighted by Crippen LogP contribution is -2.53. The smallest absolute Gasteiger partial charge is 0.317 e. The lowest BCUT2D eigenvalue weighted by molar-refractivity contribution is -0.144. The van der Waals surface area contributed by atoms with Crippen LogP contribution in [0.15, 0.2) is 24.3 Å². The SMILES string of the molecule is CC(CN(CC(=O)O)CC(Cc1ccc(NC=S)cc1)N(CC(=O)O)CC(=O)O)N(CC(=O)O)CC(=O)O. The standard InChI is InChI=1S/C23H32N4O10S/c1-15(26(10-20(30)31)11-21(32)33)7-25(9-19(28)29)8-18(27(12-22(34)35)13-23(36)37)6-16-2-4-17(5-3-16)24-14-38/h2-5,14-15,18H,6-13H2,1H3,(H,24,38)(H,28,29)(H,30,31)(H,32,33)(H,34,35)(H,36,37). The van der Waals surface area contributed by atoms with Gasteiger partial charge < -0.3 is 30.8 Å². The van der Waals surface area contributed by atoms with Crippen LogP contribution in [0.4, 0.5) is 5.69 Å². The van der Waals surface area contributed by atoms with Crippen molar-refractivity contribution in [2.45, 2.75) is 25.4 Å². The Labute approximate surface area is 224 Å². The first kappa shape index (κ1) is 32.4. The minimum atomic E-state index is -1.27. The Morgan fingerprint density at radius 1 is 0.763 bits per heavy atom. The quantitative estimate of drug-likeness (QED) is 0.114. The van der Waals surface area contributed by atoms with Crippen LogP contribution < -0.4 is 5.32 Å². The number of carboxylic acid groups (broad SMARTS) is 5. The second-order valence-corrected chi connectivity index (χ2v) is 8.87. The van der Waals surface area contributed by atoms with E-state index >= 15 is 0 Å². The van der Waals surface area contributed by atoms with Crippen LogP contribution in [0, 0.1) is 0 Å². The third kappa shape index (κ3) is 13.0. The highest BCUT2D eigenvalue weighted by molar-refractivity contribution is 7.79. The van der Waals surface area contributed by atoms with Gasteiger partial charge in [0.1, 0.15) is 0 Å². The average Bonchev–Trinajstić information content (AvgIpc) is 2.77. The number of anilines is 1. The summed E-state index contributed by atoms with van der Waals surface area (Å²) >= 11 is 4.76. The highest BCUT2D eigenvalue weighted by atomic mass is 32.1. The van der Waals surface area contributed by atoms with E-state index in [1.54, 1.807) is 31.2 Å². The van der Waals surface area contributed by atoms with Crippen molar-refractivity contribution in [2.24, 2.45) is 0 Å². The van der Waals surface area contributed by atoms with Crippen LogP contribution in [0.3, 0.4) is 0 Å². The first-order valence-electron chi connectivity index (χ1n) is 11.4. The molecule has 14 nitrogen and oxygen atoms in total. The third-order valence-corrected chi connectivity index (χ3v) is 5.61. The molecule has 15 heteroatoms. The number of thiocarbonyl (C=S) groups is 1. The van der Waals surface area contributed by atoms with Crippen molar-refractivity contribution >= 4 is 53.2 Å². The van der Waals surface area contributed by atoms with Crippen LogP contribution in [-0.4, -0.2) is 133 Å². The average molecular weight is 557 g/mol. The monoisotopic (exact) mass is 556 g/mol. The van der Waals surface area contributed by atoms with Crippen LogP contribution in [0.25, 0.3) is 0 Å². The number of carboxylic acids is 5. The lowest BCUT2D eigenvalue weighted by atomic mass is 10.0. The van der Waals surface area contributed by atoms with Crippen LogP contribution in [0.2, 0.25) is 0 Å². The normalized spacial score (nSPS) is 12.7. The molecule has 0 aliphatic heterocycles. The summed E-state index contributed by atoms with van der Waals surface area (Å²) in [5.41, 5.74) is 2.74. The highest BCUT2D eigenvalue weighted by Crippen LogP contribution is 2.16. The van der Waals surface area contributed by atoms with Gasteiger partial charge in [0, 0.05) is 30.9 Å². The number of benzene rings is 1. The van der Waals surface area contributed by atoms with Gasteiger partial charge in [0.15, 0.2) is 0 Å². The van der Waals surface area contributed by atoms with Gasteiger partial charge in [-0.25, -0.2) is 0 Å². The third-order valence-electron chi connectivity index (χ3n) is 5.49. The molecule has 1 aromatic carbocycles. The zero-order valence-electron chi connectivity index (χ0n) is 20.7. The van der Waals surface area contributed by atoms with E-state index in [2.05, 4.69) is 5.32 Å². The maximum atomic E-state index is 11.6. The van der Waals surface area contributed by atoms with Gasteiger partial charge in [-0.3, -0.25) is 38.7 Å². The molecule has 0 saturated carbocycles. The van der Waals surface area contributed by atoms with Crippen molar-refractivity contribution in [3.63, 3.8) is 0 Å². The molecule has 0 radical (unpaired) electrons. The molecule has 2 unspecified atom stereocenters. The van der Waals surface area contributed by atoms with E-state index in [1.165, 1.54) is 15.3 Å². The molecule has 0 heterocycles. The molecule has 38 heavy (non-hydrogen) atoms. The molecule has 0 aliphatic carbocycles. The Balaban J connectivity index is 3.30. The zero-order valence-corrected chi connectivity index (χ0v) is 21.5. The number of nitrogens with zero attached hydrogens (tertiary/aromatic N) is 3. The molecule has 0 bridgehead atoms. The van der Waals surface area contributed by atoms with E-state index in [1.807, 2.05) is 0 Å². The summed E-state index contributed by atoms with van der Waals surface area (Å²) in [6.07, 6.45) is 0.164. The number of rotatable bonds is 20. The van der Waals surface area contributed by atoms with Gasteiger partial charge in [0.05, 0.1) is 38.2 Å². The first-order valence-corrected chi connectivity index (χ1v) is 11.9. The fourth-order valence-corrected chi connectivity index (χ4v) is 4.08. The van der Waals surface area contributed by atoms with Crippen molar-refractivity contribution in [1.82, 2.24) is 14.7 Å². The molecule has 0 spiro atoms. The molecule has 0 saturated heterocycles. The summed E-state index contributed by atoms with van der Waals surface area (Å²) in [5, 5.41) is 49.4. The molecular weight excluding hydrogens is 524 g/mol. The minimum Gasteiger partial charge on any atom is -0.480 e. The predicted octanol–water partition coefficient (Wildman–Crippen LogP) is -0.316. The van der Waals surface area contributed by atoms with Gasteiger partial charge in [0.25, 0.3) is 0 Å². The van der Waals surface area contributed by atoms with Gasteiger partial charge in [0.2, 0.25) is 0 Å². The molecule has 6 N–H and O–H groups in total. The number of hydrogen-bond acceptors (Lipinski definition) is 9. The van der Waals surface area contributed by atoms with Crippen LogP contribution in [0.5, 0.6) is 0 Å². The second kappa shape index (κ2) is 16.2. The molecule has 210 valence electrons. The van der Waals surface area contributed by atoms with E-state index in [9.17, 15) is 39.3 Å². The van der Waals surface area contributed by atoms with Crippen molar-refractivity contribution in [1.29, 1.82) is 0 Å². The number of hydrogen-bond donors (Lipinski definition) is 6. The van der Waals surface area contributed by atoms with E-state index < -0.39 is 74.7 Å². The van der Waals surface area contributed by atoms with Gasteiger partial charge in [-0.1, -0.05) is 24.4 Å². The van der Waals surface area contributed by atoms with Gasteiger partial charge in [-0.2, -0.15) is 0 Å². The van der Waals surface area contributed by atoms with Gasteiger partial charge >= 0.3 is 29.8 Å². The second-order valence-electron chi connectivity index (χ2n) is 8.64. The molecular formula is C23H32N4O10S. The molecule has 2 atom stereocenters. The maximum Gasteiger partial charge on any atom is 0.317 e. The van der Waals surface area contributed by atoms with E-state index in [0.29, 0.717) is 11.3 Å². The van der Waals surface area contributed by atoms with Crippen molar-refractivity contribution in [2.75, 3.05) is 51.1 Å². The van der Waals surface area contributed by atoms with Crippen molar-refractivity contribution in [3.8, 4) is 0 Å². The van der Waals surface area contributed by atoms with Gasteiger partial charge in [-0.05, 0) is 31.0 Å². The fraction of sp³-hybridized carbons (Fsp3) is 0.478. The topological polar surface area (TPSA) is 208 Å². The van der Waals surface area contributed by atoms with Crippen LogP contribution in [-0.2, 0) is 30.4 Å². The molecule has 0 aliphatic rings. The highest BCUT2D eigenvalue weighted by Gasteiger charge is 2.29. The van der Waals surface area contributed by atoms with Crippen molar-refractivity contribution in [3.05, 3.63) is 29.8 Å². The molecule has 0 fully saturated rings. The lowest BCUT2D eigenvalue weighted by Gasteiger charge is -2.36. The Bertz CT molecular complexity index is 959. The zero-order chi connectivity index (χ0) is 28.8. The summed E-state index contributed by atoms with van der Waals surface area (Å²) in [5.74, 6) is -6.30. The van der Waals surface area contributed by atoms with Crippen LogP contribution in [0.1, 0.15) is 12.5 Å². The van der Waals surface area contributed by atoms with Gasteiger partial charge in [-0.15, -0.1) is 0 Å². The van der Waals surface area contributed by atoms with Crippen molar-refractivity contribution < 1.29 is 49.5 Å². The summed E-state index contributed by atoms with van der Waals surface area (Å²) in [6.45, 7) is -1.58. The minimum absolute atomic E-state index is 0.0745. The Kier molecular flexibility index (Phi) is 13.8. The first-order chi connectivity index (χ1) is 17.8. The van der Waals surface area contributed by atoms with Crippen LogP contribution >= 0.6 is 12.2 Å². The largest absolute Gasteiger partial charge is 0.480 e. The summed E-state index contributed by atoms with van der Waals surface area (Å²) < 4.78 is 0. The maximum absolute atomic E-state index is 11.6. The number of carbonyl (C=O) groups is 5. The summed E-state index contributed by atoms with van der Waals surface area (Å²) in [4.78, 5) is 60.9. The molecule has 1 aromatic rings. The predicted molar refractivity (Wildman–Crippen MR) is 138 cm³/mol. The van der Waals surface area contributed by atoms with E-state index in [0.717, 1.165) is 4.90 Å². The fourth-order valence-electron chi connectivity index (χ4n) is 3.95. The van der Waals surface area contributed by atoms with E-state index in [-0.39, 0.29) is 19.5 Å². The Morgan fingerprint density at radius 2 is 1.21 bits per heavy atom. The summed E-state index contributed by atoms with van der Waals surface area (Å²) in [6, 6.07) is 5.43. The molecule has 0 amide bonds. The Morgan fingerprint density at radius 3 is 1.63 bits per heavy atom. The van der Waals surface area contributed by atoms with E-state index in [4.69, 9.17) is 22.4 Å². The Hall–Kier alpha value is -3.66. The molecule has 1 rings (SSSR count). The molecule has 0 aromatic heterocycles.